The third-order valence-electron chi connectivity index (χ3n) is 3.78. The molecule has 1 heterocycles. The van der Waals surface area contributed by atoms with Gasteiger partial charge in [-0.25, -0.2) is 0 Å². The van der Waals surface area contributed by atoms with Crippen molar-refractivity contribution in [2.75, 3.05) is 0 Å². The summed E-state index contributed by atoms with van der Waals surface area (Å²) in [7, 11) is 0. The molecule has 3 rings (SSSR count). The van der Waals surface area contributed by atoms with Gasteiger partial charge in [-0.1, -0.05) is 80.8 Å². The average Bonchev–Trinajstić information content (AvgIpc) is 2.86. The number of carbonyl (C=O) groups is 1. The molecule has 0 atom stereocenters. The van der Waals surface area contributed by atoms with Crippen LogP contribution >= 0.6 is 35.7 Å². The Morgan fingerprint density at radius 3 is 2.04 bits per heavy atom. The molecule has 128 valence electrons. The van der Waals surface area contributed by atoms with E-state index in [0.717, 1.165) is 5.56 Å². The summed E-state index contributed by atoms with van der Waals surface area (Å²) in [6.45, 7) is 6.66. The molecule has 1 aliphatic rings. The van der Waals surface area contributed by atoms with E-state index in [1.165, 1.54) is 27.1 Å². The van der Waals surface area contributed by atoms with Crippen LogP contribution < -0.4 is 5.32 Å². The highest BCUT2D eigenvalue weighted by Gasteiger charge is 2.21. The van der Waals surface area contributed by atoms with Gasteiger partial charge in [0.25, 0.3) is 5.91 Å². The van der Waals surface area contributed by atoms with Crippen molar-refractivity contribution in [1.29, 1.82) is 0 Å². The zero-order valence-electron chi connectivity index (χ0n) is 14.3. The van der Waals surface area contributed by atoms with Crippen molar-refractivity contribution in [2.45, 2.75) is 36.0 Å². The minimum atomic E-state index is -0.118. The molecule has 2 aromatic rings. The van der Waals surface area contributed by atoms with Gasteiger partial charge in [-0.2, -0.15) is 0 Å². The Bertz CT molecular complexity index is 831. The summed E-state index contributed by atoms with van der Waals surface area (Å²) in [6, 6.07) is 16.9. The maximum absolute atomic E-state index is 11.7. The number of hydrogen-bond donors (Lipinski definition) is 1. The van der Waals surface area contributed by atoms with Crippen LogP contribution in [0.2, 0.25) is 0 Å². The fourth-order valence-corrected chi connectivity index (χ4v) is 4.22. The van der Waals surface area contributed by atoms with Crippen molar-refractivity contribution in [3.8, 4) is 0 Å². The van der Waals surface area contributed by atoms with E-state index in [-0.39, 0.29) is 11.3 Å². The normalized spacial score (nSPS) is 16.4. The second-order valence-corrected chi connectivity index (χ2v) is 9.66. The van der Waals surface area contributed by atoms with Gasteiger partial charge in [-0.3, -0.25) is 4.79 Å². The molecule has 0 saturated carbocycles. The molecule has 0 aromatic heterocycles. The first-order valence-corrected chi connectivity index (χ1v) is 9.99. The first-order valence-electron chi connectivity index (χ1n) is 7.94. The van der Waals surface area contributed by atoms with E-state index >= 15 is 0 Å². The lowest BCUT2D eigenvalue weighted by atomic mass is 9.87. The minimum absolute atomic E-state index is 0.118. The molecule has 0 spiro atoms. The first-order chi connectivity index (χ1) is 11.8. The van der Waals surface area contributed by atoms with Gasteiger partial charge < -0.3 is 5.32 Å². The second-order valence-electron chi connectivity index (χ2n) is 6.80. The molecule has 1 saturated heterocycles. The monoisotopic (exact) mass is 385 g/mol. The molecule has 5 heteroatoms. The molecule has 1 aliphatic heterocycles. The summed E-state index contributed by atoms with van der Waals surface area (Å²) in [4.78, 5) is 14.7. The van der Waals surface area contributed by atoms with Crippen molar-refractivity contribution in [3.05, 3.63) is 64.6 Å². The molecule has 2 nitrogen and oxygen atoms in total. The first kappa shape index (κ1) is 18.2. The third-order valence-corrected chi connectivity index (χ3v) is 5.95. The fourth-order valence-electron chi connectivity index (χ4n) is 2.36. The van der Waals surface area contributed by atoms with E-state index in [4.69, 9.17) is 12.2 Å². The quantitative estimate of drug-likeness (QED) is 0.548. The Morgan fingerprint density at radius 1 is 1.00 bits per heavy atom. The van der Waals surface area contributed by atoms with Gasteiger partial charge in [0, 0.05) is 9.79 Å². The molecule has 25 heavy (non-hydrogen) atoms. The van der Waals surface area contributed by atoms with Crippen LogP contribution in [-0.2, 0) is 10.2 Å². The minimum Gasteiger partial charge on any atom is -0.307 e. The molecule has 1 fully saturated rings. The van der Waals surface area contributed by atoms with Crippen molar-refractivity contribution in [3.63, 3.8) is 0 Å². The van der Waals surface area contributed by atoms with Crippen LogP contribution in [0.1, 0.15) is 31.9 Å². The fraction of sp³-hybridized carbons (Fsp3) is 0.200. The SMILES string of the molecule is CC(C)(C)c1ccc(Sc2ccc(C=C3SC(=S)NC3=O)cc2)cc1. The second kappa shape index (κ2) is 7.36. The molecule has 0 radical (unpaired) electrons. The van der Waals surface area contributed by atoms with Crippen LogP contribution in [0.15, 0.2) is 63.2 Å². The van der Waals surface area contributed by atoms with Crippen LogP contribution in [0.3, 0.4) is 0 Å². The smallest absolute Gasteiger partial charge is 0.263 e. The maximum atomic E-state index is 11.7. The predicted octanol–water partition coefficient (Wildman–Crippen LogP) is 5.62. The Kier molecular flexibility index (Phi) is 5.37. The summed E-state index contributed by atoms with van der Waals surface area (Å²) < 4.78 is 0.516. The number of carbonyl (C=O) groups excluding carboxylic acids is 1. The molecular weight excluding hydrogens is 366 g/mol. The van der Waals surface area contributed by atoms with Gasteiger partial charge in [0.15, 0.2) is 0 Å². The number of thiocarbonyl (C=S) groups is 1. The van der Waals surface area contributed by atoms with Crippen LogP contribution in [0.5, 0.6) is 0 Å². The van der Waals surface area contributed by atoms with E-state index in [1.54, 1.807) is 11.8 Å². The zero-order valence-corrected chi connectivity index (χ0v) is 16.8. The number of rotatable bonds is 3. The number of amides is 1. The summed E-state index contributed by atoms with van der Waals surface area (Å²) in [5.41, 5.74) is 2.50. The Labute approximate surface area is 162 Å². The van der Waals surface area contributed by atoms with E-state index in [9.17, 15) is 4.79 Å². The summed E-state index contributed by atoms with van der Waals surface area (Å²) >= 11 is 8.04. The van der Waals surface area contributed by atoms with Crippen molar-refractivity contribution < 1.29 is 4.79 Å². The van der Waals surface area contributed by atoms with Crippen molar-refractivity contribution in [2.24, 2.45) is 0 Å². The standard InChI is InChI=1S/C20H19NOS3/c1-20(2,3)14-6-10-16(11-7-14)24-15-8-4-13(5-9-15)12-17-18(22)21-19(23)25-17/h4-12H,1-3H3,(H,21,22,23). The number of nitrogens with one attached hydrogen (secondary N) is 1. The lowest BCUT2D eigenvalue weighted by Crippen LogP contribution is -2.17. The maximum Gasteiger partial charge on any atom is 0.263 e. The molecule has 0 bridgehead atoms. The Hall–Kier alpha value is -1.56. The van der Waals surface area contributed by atoms with Gasteiger partial charge >= 0.3 is 0 Å². The van der Waals surface area contributed by atoms with Crippen molar-refractivity contribution in [1.82, 2.24) is 5.32 Å². The Morgan fingerprint density at radius 2 is 1.56 bits per heavy atom. The highest BCUT2D eigenvalue weighted by molar-refractivity contribution is 8.26. The molecule has 0 aliphatic carbocycles. The van der Waals surface area contributed by atoms with Crippen LogP contribution in [-0.4, -0.2) is 10.2 Å². The van der Waals surface area contributed by atoms with Gasteiger partial charge in [-0.15, -0.1) is 0 Å². The van der Waals surface area contributed by atoms with Gasteiger partial charge in [0.05, 0.1) is 4.91 Å². The topological polar surface area (TPSA) is 29.1 Å². The summed E-state index contributed by atoms with van der Waals surface area (Å²) in [5, 5.41) is 2.63. The van der Waals surface area contributed by atoms with E-state index in [2.05, 4.69) is 62.5 Å². The van der Waals surface area contributed by atoms with Gasteiger partial charge in [0.2, 0.25) is 0 Å². The summed E-state index contributed by atoms with van der Waals surface area (Å²) in [5.74, 6) is -0.118. The number of thioether (sulfide) groups is 1. The highest BCUT2D eigenvalue weighted by atomic mass is 32.2. The van der Waals surface area contributed by atoms with Crippen molar-refractivity contribution >= 4 is 52.0 Å². The zero-order chi connectivity index (χ0) is 18.0. The molecular formula is C20H19NOS3. The van der Waals surface area contributed by atoms with Gasteiger partial charge in [0.1, 0.15) is 4.32 Å². The molecule has 2 aromatic carbocycles. The molecule has 1 N–H and O–H groups in total. The summed E-state index contributed by atoms with van der Waals surface area (Å²) in [6.07, 6.45) is 1.87. The van der Waals surface area contributed by atoms with Crippen LogP contribution in [0, 0.1) is 0 Å². The number of hydrogen-bond acceptors (Lipinski definition) is 4. The van der Waals surface area contributed by atoms with E-state index < -0.39 is 0 Å². The van der Waals surface area contributed by atoms with Crippen LogP contribution in [0.25, 0.3) is 6.08 Å². The largest absolute Gasteiger partial charge is 0.307 e. The van der Waals surface area contributed by atoms with E-state index in [1.807, 2.05) is 18.2 Å². The average molecular weight is 386 g/mol. The Balaban J connectivity index is 1.70. The lowest BCUT2D eigenvalue weighted by Gasteiger charge is -2.19. The van der Waals surface area contributed by atoms with Gasteiger partial charge in [-0.05, 0) is 46.9 Å². The highest BCUT2D eigenvalue weighted by Crippen LogP contribution is 2.31. The van der Waals surface area contributed by atoms with Crippen LogP contribution in [0.4, 0.5) is 0 Å². The van der Waals surface area contributed by atoms with E-state index in [0.29, 0.717) is 9.23 Å². The third kappa shape index (κ3) is 4.75. The molecule has 1 amide bonds. The lowest BCUT2D eigenvalue weighted by molar-refractivity contribution is -0.115. The molecule has 0 unspecified atom stereocenters. The number of benzene rings is 2. The predicted molar refractivity (Wildman–Crippen MR) is 112 cm³/mol.